The highest BCUT2D eigenvalue weighted by atomic mass is 16.7. The maximum absolute atomic E-state index is 13.8. The number of carbonyl (C=O) groups is 2. The van der Waals surface area contributed by atoms with Gasteiger partial charge in [-0.15, -0.1) is 0 Å². The molecule has 0 bridgehead atoms. The molecule has 0 radical (unpaired) electrons. The third-order valence-electron chi connectivity index (χ3n) is 7.87. The molecule has 2 aliphatic heterocycles. The van der Waals surface area contributed by atoms with Crippen LogP contribution < -0.4 is 14.8 Å². The maximum atomic E-state index is 13.8. The molecule has 1 saturated heterocycles. The van der Waals surface area contributed by atoms with Crippen LogP contribution in [0.25, 0.3) is 6.08 Å². The number of fused-ring (bicyclic) bond motifs is 1. The van der Waals surface area contributed by atoms with Crippen molar-refractivity contribution in [3.63, 3.8) is 0 Å². The topological polar surface area (TPSA) is 71.1 Å². The van der Waals surface area contributed by atoms with E-state index in [0.29, 0.717) is 40.8 Å². The molecule has 0 spiro atoms. The molecule has 41 heavy (non-hydrogen) atoms. The number of nitrogens with zero attached hydrogens (tertiary/aromatic N) is 2. The van der Waals surface area contributed by atoms with Gasteiger partial charge in [-0.25, -0.2) is 0 Å². The number of hydrogen-bond donors (Lipinski definition) is 1. The Morgan fingerprint density at radius 3 is 2.34 bits per heavy atom. The molecule has 1 fully saturated rings. The number of benzene rings is 3. The summed E-state index contributed by atoms with van der Waals surface area (Å²) in [6.07, 6.45) is 4.87. The van der Waals surface area contributed by atoms with Crippen molar-refractivity contribution in [2.75, 3.05) is 31.7 Å². The first-order valence-electron chi connectivity index (χ1n) is 14.5. The monoisotopic (exact) mass is 553 g/mol. The molecule has 2 heterocycles. The summed E-state index contributed by atoms with van der Waals surface area (Å²) in [7, 11) is 0. The van der Waals surface area contributed by atoms with Gasteiger partial charge in [0.25, 0.3) is 11.8 Å². The number of anilines is 1. The lowest BCUT2D eigenvalue weighted by molar-refractivity contribution is 0.0546. The molecule has 2 amide bonds. The van der Waals surface area contributed by atoms with Crippen molar-refractivity contribution in [1.82, 2.24) is 9.80 Å². The molecule has 214 valence electrons. The molecule has 3 aromatic rings. The van der Waals surface area contributed by atoms with Gasteiger partial charge in [0.2, 0.25) is 6.79 Å². The van der Waals surface area contributed by atoms with E-state index < -0.39 is 0 Å². The molecule has 0 saturated carbocycles. The fraction of sp³-hybridized carbons (Fsp3) is 0.353. The molecule has 7 heteroatoms. The van der Waals surface area contributed by atoms with Crippen molar-refractivity contribution in [1.29, 1.82) is 0 Å². The smallest absolute Gasteiger partial charge is 0.255 e. The fourth-order valence-electron chi connectivity index (χ4n) is 5.33. The van der Waals surface area contributed by atoms with E-state index in [1.807, 2.05) is 53.4 Å². The number of likely N-dealkylation sites (tertiary alicyclic amines) is 1. The number of hydrogen-bond acceptors (Lipinski definition) is 5. The van der Waals surface area contributed by atoms with Crippen molar-refractivity contribution < 1.29 is 19.1 Å². The average molecular weight is 554 g/mol. The summed E-state index contributed by atoms with van der Waals surface area (Å²) >= 11 is 0. The Morgan fingerprint density at radius 2 is 1.66 bits per heavy atom. The fourth-order valence-corrected chi connectivity index (χ4v) is 5.33. The van der Waals surface area contributed by atoms with Crippen LogP contribution >= 0.6 is 0 Å². The minimum absolute atomic E-state index is 0.0332. The molecular formula is C34H39N3O4. The summed E-state index contributed by atoms with van der Waals surface area (Å²) in [6, 6.07) is 20.6. The van der Waals surface area contributed by atoms with Gasteiger partial charge in [-0.05, 0) is 79.3 Å². The predicted octanol–water partition coefficient (Wildman–Crippen LogP) is 6.46. The molecule has 0 atom stereocenters. The molecule has 5 rings (SSSR count). The van der Waals surface area contributed by atoms with Crippen LogP contribution in [0.2, 0.25) is 0 Å². The Hall–Kier alpha value is -4.10. The zero-order valence-electron chi connectivity index (χ0n) is 24.0. The first kappa shape index (κ1) is 28.4. The largest absolute Gasteiger partial charge is 0.454 e. The molecule has 2 aliphatic rings. The van der Waals surface area contributed by atoms with Gasteiger partial charge in [0.1, 0.15) is 0 Å². The minimum Gasteiger partial charge on any atom is -0.454 e. The first-order chi connectivity index (χ1) is 19.9. The van der Waals surface area contributed by atoms with Gasteiger partial charge in [-0.3, -0.25) is 9.59 Å². The highest BCUT2D eigenvalue weighted by molar-refractivity contribution is 6.04. The highest BCUT2D eigenvalue weighted by Gasteiger charge is 2.29. The number of rotatable bonds is 10. The predicted molar refractivity (Wildman–Crippen MR) is 162 cm³/mol. The van der Waals surface area contributed by atoms with Crippen LogP contribution in [0.4, 0.5) is 5.69 Å². The zero-order chi connectivity index (χ0) is 28.8. The van der Waals surface area contributed by atoms with Crippen LogP contribution in [0, 0.1) is 5.92 Å². The van der Waals surface area contributed by atoms with Crippen molar-refractivity contribution in [3.8, 4) is 11.5 Å². The molecule has 0 aromatic heterocycles. The molecule has 0 aliphatic carbocycles. The normalized spacial score (nSPS) is 15.1. The van der Waals surface area contributed by atoms with Crippen LogP contribution in [-0.2, 0) is 6.54 Å². The number of ether oxygens (including phenoxy) is 2. The number of nitrogens with one attached hydrogen (secondary N) is 1. The van der Waals surface area contributed by atoms with Gasteiger partial charge in [-0.1, -0.05) is 50.8 Å². The van der Waals surface area contributed by atoms with Crippen molar-refractivity contribution in [2.24, 2.45) is 5.92 Å². The van der Waals surface area contributed by atoms with Crippen LogP contribution in [0.15, 0.2) is 73.3 Å². The van der Waals surface area contributed by atoms with Gasteiger partial charge in [-0.2, -0.15) is 0 Å². The summed E-state index contributed by atoms with van der Waals surface area (Å²) in [4.78, 5) is 31.3. The van der Waals surface area contributed by atoms with Crippen molar-refractivity contribution in [3.05, 3.63) is 95.6 Å². The second-order valence-electron chi connectivity index (χ2n) is 11.2. The molecule has 0 unspecified atom stereocenters. The number of amides is 2. The Bertz CT molecular complexity index is 1360. The average Bonchev–Trinajstić information content (AvgIpc) is 3.47. The quantitative estimate of drug-likeness (QED) is 0.312. The lowest BCUT2D eigenvalue weighted by atomic mass is 9.99. The lowest BCUT2D eigenvalue weighted by Gasteiger charge is -2.39. The van der Waals surface area contributed by atoms with Gasteiger partial charge >= 0.3 is 0 Å². The van der Waals surface area contributed by atoms with Gasteiger partial charge in [0.15, 0.2) is 11.5 Å². The van der Waals surface area contributed by atoms with E-state index in [1.165, 1.54) is 6.42 Å². The second kappa shape index (κ2) is 13.0. The van der Waals surface area contributed by atoms with E-state index in [-0.39, 0.29) is 24.6 Å². The van der Waals surface area contributed by atoms with Gasteiger partial charge in [0.05, 0.1) is 0 Å². The summed E-state index contributed by atoms with van der Waals surface area (Å²) in [5.41, 5.74) is 3.84. The van der Waals surface area contributed by atoms with Crippen molar-refractivity contribution in [2.45, 2.75) is 45.7 Å². The number of piperidine rings is 1. The van der Waals surface area contributed by atoms with E-state index in [2.05, 4.69) is 30.6 Å². The van der Waals surface area contributed by atoms with Crippen LogP contribution in [0.3, 0.4) is 0 Å². The lowest BCUT2D eigenvalue weighted by Crippen LogP contribution is -2.47. The van der Waals surface area contributed by atoms with Gasteiger partial charge < -0.3 is 24.6 Å². The maximum Gasteiger partial charge on any atom is 0.255 e. The summed E-state index contributed by atoms with van der Waals surface area (Å²) in [5.74, 6) is 1.80. The van der Waals surface area contributed by atoms with E-state index in [0.717, 1.165) is 43.6 Å². The Kier molecular flexibility index (Phi) is 9.04. The molecule has 7 nitrogen and oxygen atoms in total. The molecule has 1 N–H and O–H groups in total. The molecular weight excluding hydrogens is 514 g/mol. The summed E-state index contributed by atoms with van der Waals surface area (Å²) in [6.45, 7) is 12.1. The third kappa shape index (κ3) is 7.16. The van der Waals surface area contributed by atoms with E-state index in [1.54, 1.807) is 24.3 Å². The molecule has 3 aromatic carbocycles. The van der Waals surface area contributed by atoms with Crippen molar-refractivity contribution >= 4 is 23.6 Å². The number of carbonyl (C=O) groups excluding carboxylic acids is 2. The Balaban J connectivity index is 1.27. The van der Waals surface area contributed by atoms with E-state index in [9.17, 15) is 9.59 Å². The van der Waals surface area contributed by atoms with Gasteiger partial charge in [0, 0.05) is 48.6 Å². The van der Waals surface area contributed by atoms with Crippen LogP contribution in [0.1, 0.15) is 65.0 Å². The zero-order valence-corrected chi connectivity index (χ0v) is 24.0. The van der Waals surface area contributed by atoms with E-state index in [4.69, 9.17) is 9.47 Å². The second-order valence-corrected chi connectivity index (χ2v) is 11.2. The minimum atomic E-state index is -0.209. The first-order valence-corrected chi connectivity index (χ1v) is 14.5. The highest BCUT2D eigenvalue weighted by Crippen LogP contribution is 2.34. The van der Waals surface area contributed by atoms with Crippen LogP contribution in [-0.4, -0.2) is 54.1 Å². The summed E-state index contributed by atoms with van der Waals surface area (Å²) in [5, 5.41) is 2.92. The Labute approximate surface area is 242 Å². The third-order valence-corrected chi connectivity index (χ3v) is 7.87. The van der Waals surface area contributed by atoms with Crippen LogP contribution in [0.5, 0.6) is 11.5 Å². The standard InChI is InChI=1S/C34H39N3O4/c1-4-25-5-11-28(12-6-25)34(39)37(30-16-19-36(20-17-30)18-15-24(2)3)22-26-7-9-27(10-8-26)33(38)35-29-13-14-31-32(21-29)41-23-40-31/h4-14,21,24,30H,1,15-20,22-23H2,2-3H3,(H,35,38). The Morgan fingerprint density at radius 1 is 0.976 bits per heavy atom. The SMILES string of the molecule is C=Cc1ccc(C(=O)N(Cc2ccc(C(=O)Nc3ccc4c(c3)OCO4)cc2)C2CCN(CCC(C)C)CC2)cc1. The summed E-state index contributed by atoms with van der Waals surface area (Å²) < 4.78 is 10.7. The van der Waals surface area contributed by atoms with E-state index >= 15 is 0 Å².